The van der Waals surface area contributed by atoms with Crippen molar-refractivity contribution in [3.63, 3.8) is 0 Å². The molecule has 1 atom stereocenters. The number of nitrogens with two attached hydrogens (primary N) is 1. The minimum absolute atomic E-state index is 0.113. The normalized spacial score (nSPS) is 20.5. The van der Waals surface area contributed by atoms with Crippen molar-refractivity contribution < 1.29 is 4.79 Å². The van der Waals surface area contributed by atoms with Crippen molar-refractivity contribution in [2.24, 2.45) is 5.73 Å². The van der Waals surface area contributed by atoms with E-state index in [0.717, 1.165) is 36.8 Å². The van der Waals surface area contributed by atoms with Crippen LogP contribution in [-0.4, -0.2) is 28.8 Å². The van der Waals surface area contributed by atoms with Crippen LogP contribution < -0.4 is 16.0 Å². The molecule has 0 radical (unpaired) electrons. The summed E-state index contributed by atoms with van der Waals surface area (Å²) in [5, 5.41) is 12.6. The van der Waals surface area contributed by atoms with E-state index in [1.54, 1.807) is 0 Å². The van der Waals surface area contributed by atoms with Crippen LogP contribution in [0.4, 0.5) is 10.8 Å². The lowest BCUT2D eigenvalue weighted by Gasteiger charge is -2.30. The molecular weight excluding hydrogens is 322 g/mol. The van der Waals surface area contributed by atoms with Gasteiger partial charge >= 0.3 is 0 Å². The van der Waals surface area contributed by atoms with E-state index >= 15 is 0 Å². The number of hydrogen-bond acceptors (Lipinski definition) is 5. The number of aromatic nitrogens is 1. The highest BCUT2D eigenvalue weighted by Gasteiger charge is 2.52. The number of nitrogens with zero attached hydrogens (tertiary/aromatic N) is 2. The number of guanidine groups is 1. The first-order valence-corrected chi connectivity index (χ1v) is 8.86. The summed E-state index contributed by atoms with van der Waals surface area (Å²) in [6.07, 6.45) is 3.97. The quantitative estimate of drug-likeness (QED) is 0.451. The van der Waals surface area contributed by atoms with E-state index in [4.69, 9.17) is 11.1 Å². The van der Waals surface area contributed by atoms with Gasteiger partial charge in [-0.25, -0.2) is 4.98 Å². The molecular formula is C17H19N5OS. The molecule has 1 saturated carbocycles. The Hall–Kier alpha value is -2.41. The van der Waals surface area contributed by atoms with E-state index in [0.29, 0.717) is 11.2 Å². The van der Waals surface area contributed by atoms with E-state index in [1.165, 1.54) is 22.6 Å². The minimum Gasteiger partial charge on any atom is -0.370 e. The lowest BCUT2D eigenvalue weighted by atomic mass is 10.1. The Labute approximate surface area is 144 Å². The van der Waals surface area contributed by atoms with E-state index in [1.807, 2.05) is 5.38 Å². The van der Waals surface area contributed by atoms with Crippen LogP contribution in [0.5, 0.6) is 0 Å². The van der Waals surface area contributed by atoms with Crippen molar-refractivity contribution in [3.05, 3.63) is 29.1 Å². The summed E-state index contributed by atoms with van der Waals surface area (Å²) in [4.78, 5) is 18.3. The number of fused-ring (bicyclic) bond motifs is 1. The average molecular weight is 341 g/mol. The van der Waals surface area contributed by atoms with Gasteiger partial charge in [-0.3, -0.25) is 5.41 Å². The minimum atomic E-state index is -0.272. The third-order valence-corrected chi connectivity index (χ3v) is 5.56. The molecule has 4 N–H and O–H groups in total. The van der Waals surface area contributed by atoms with Gasteiger partial charge in [-0.05, 0) is 43.9 Å². The van der Waals surface area contributed by atoms with E-state index in [-0.39, 0.29) is 11.5 Å². The largest absolute Gasteiger partial charge is 0.370 e. The molecule has 0 bridgehead atoms. The lowest BCUT2D eigenvalue weighted by Crippen LogP contribution is -2.42. The van der Waals surface area contributed by atoms with E-state index < -0.39 is 0 Å². The summed E-state index contributed by atoms with van der Waals surface area (Å²) in [5.74, 6) is -0.113. The summed E-state index contributed by atoms with van der Waals surface area (Å²) in [6, 6.07) is 6.67. The molecule has 1 aliphatic carbocycles. The summed E-state index contributed by atoms with van der Waals surface area (Å²) in [5.41, 5.74) is 9.43. The molecule has 1 aliphatic heterocycles. The number of carbonyl (C=O) groups is 1. The van der Waals surface area contributed by atoms with Crippen molar-refractivity contribution >= 4 is 34.4 Å². The molecule has 2 aromatic rings. The van der Waals surface area contributed by atoms with Crippen LogP contribution in [0, 0.1) is 5.41 Å². The highest BCUT2D eigenvalue weighted by atomic mass is 32.1. The van der Waals surface area contributed by atoms with Gasteiger partial charge in [-0.15, -0.1) is 11.3 Å². The molecule has 0 saturated heterocycles. The number of benzene rings is 1. The molecule has 1 fully saturated rings. The zero-order chi connectivity index (χ0) is 16.9. The Bertz CT molecular complexity index is 826. The average Bonchev–Trinajstić information content (AvgIpc) is 3.06. The van der Waals surface area contributed by atoms with Crippen molar-refractivity contribution in [3.8, 4) is 11.3 Å². The molecule has 7 heteroatoms. The van der Waals surface area contributed by atoms with Gasteiger partial charge in [0, 0.05) is 22.7 Å². The molecule has 2 aliphatic rings. The Morgan fingerprint density at radius 1 is 1.54 bits per heavy atom. The number of rotatable bonds is 4. The molecule has 1 aromatic carbocycles. The van der Waals surface area contributed by atoms with Crippen LogP contribution >= 0.6 is 11.3 Å². The van der Waals surface area contributed by atoms with Crippen LogP contribution in [0.15, 0.2) is 23.6 Å². The third kappa shape index (κ3) is 2.36. The Kier molecular flexibility index (Phi) is 3.35. The van der Waals surface area contributed by atoms with Crippen LogP contribution in [0.3, 0.4) is 0 Å². The van der Waals surface area contributed by atoms with Crippen LogP contribution in [-0.2, 0) is 11.2 Å². The second-order valence-electron chi connectivity index (χ2n) is 6.56. The molecule has 1 unspecified atom stereocenters. The molecule has 124 valence electrons. The van der Waals surface area contributed by atoms with Gasteiger partial charge in [-0.1, -0.05) is 6.07 Å². The number of hydrogen-bond donors (Lipinski definition) is 3. The van der Waals surface area contributed by atoms with Crippen molar-refractivity contribution in [2.75, 3.05) is 10.2 Å². The van der Waals surface area contributed by atoms with Gasteiger partial charge in [0.25, 0.3) is 0 Å². The molecule has 0 amide bonds. The Balaban J connectivity index is 1.65. The molecule has 4 rings (SSSR count). The summed E-state index contributed by atoms with van der Waals surface area (Å²) in [6.45, 7) is 2.18. The maximum Gasteiger partial charge on any atom is 0.192 e. The lowest BCUT2D eigenvalue weighted by molar-refractivity contribution is -0.109. The number of thiazole rings is 1. The summed E-state index contributed by atoms with van der Waals surface area (Å²) < 4.78 is 0. The first-order valence-electron chi connectivity index (χ1n) is 7.98. The molecule has 0 spiro atoms. The highest BCUT2D eigenvalue weighted by Crippen LogP contribution is 2.48. The molecule has 6 nitrogen and oxygen atoms in total. The monoisotopic (exact) mass is 341 g/mol. The van der Waals surface area contributed by atoms with Crippen molar-refractivity contribution in [1.29, 1.82) is 5.41 Å². The predicted molar refractivity (Wildman–Crippen MR) is 96.8 cm³/mol. The van der Waals surface area contributed by atoms with Crippen LogP contribution in [0.1, 0.15) is 25.3 Å². The van der Waals surface area contributed by atoms with Gasteiger partial charge in [0.2, 0.25) is 0 Å². The standard InChI is InChI=1S/C17H19N5OS/c1-10-6-12-7-11(13-8-24-16(20-13)21-15(18)19)2-3-14(12)22(10)17(9-23)4-5-17/h2-3,7-10H,4-6H2,1H3,(H4,18,19,20,21). The SMILES string of the molecule is CC1Cc2cc(-c3csc(NC(=N)N)n3)ccc2N1C1(C=O)CC1. The van der Waals surface area contributed by atoms with Crippen LogP contribution in [0.2, 0.25) is 0 Å². The summed E-state index contributed by atoms with van der Waals surface area (Å²) in [7, 11) is 0. The first-order chi connectivity index (χ1) is 11.5. The van der Waals surface area contributed by atoms with Gasteiger partial charge < -0.3 is 20.7 Å². The number of carbonyl (C=O) groups excluding carboxylic acids is 1. The third-order valence-electron chi connectivity index (χ3n) is 4.80. The van der Waals surface area contributed by atoms with Gasteiger partial charge in [0.15, 0.2) is 11.1 Å². The second-order valence-corrected chi connectivity index (χ2v) is 7.42. The molecule has 2 heterocycles. The van der Waals surface area contributed by atoms with E-state index in [2.05, 4.69) is 40.3 Å². The van der Waals surface area contributed by atoms with Gasteiger partial charge in [0.05, 0.1) is 11.2 Å². The Morgan fingerprint density at radius 2 is 2.33 bits per heavy atom. The number of aldehydes is 1. The molecule has 1 aromatic heterocycles. The zero-order valence-corrected chi connectivity index (χ0v) is 14.2. The fourth-order valence-corrected chi connectivity index (χ4v) is 4.32. The highest BCUT2D eigenvalue weighted by molar-refractivity contribution is 7.14. The summed E-state index contributed by atoms with van der Waals surface area (Å²) >= 11 is 1.43. The second kappa shape index (κ2) is 5.31. The van der Waals surface area contributed by atoms with Gasteiger partial charge in [-0.2, -0.15) is 0 Å². The first kappa shape index (κ1) is 15.1. The smallest absolute Gasteiger partial charge is 0.192 e. The van der Waals surface area contributed by atoms with E-state index in [9.17, 15) is 4.79 Å². The Morgan fingerprint density at radius 3 is 3.00 bits per heavy atom. The van der Waals surface area contributed by atoms with Crippen molar-refractivity contribution in [2.45, 2.75) is 37.8 Å². The molecule has 24 heavy (non-hydrogen) atoms. The topological polar surface area (TPSA) is 95.1 Å². The number of anilines is 2. The maximum atomic E-state index is 11.5. The zero-order valence-electron chi connectivity index (χ0n) is 13.4. The predicted octanol–water partition coefficient (Wildman–Crippen LogP) is 2.60. The van der Waals surface area contributed by atoms with Gasteiger partial charge in [0.1, 0.15) is 6.29 Å². The maximum absolute atomic E-state index is 11.5. The fourth-order valence-electron chi connectivity index (χ4n) is 3.59. The number of nitrogens with one attached hydrogen (secondary N) is 2. The fraction of sp³-hybridized carbons (Fsp3) is 0.353. The van der Waals surface area contributed by atoms with Crippen LogP contribution in [0.25, 0.3) is 11.3 Å². The van der Waals surface area contributed by atoms with Crippen molar-refractivity contribution in [1.82, 2.24) is 4.98 Å².